The van der Waals surface area contributed by atoms with E-state index in [0.29, 0.717) is 6.54 Å². The van der Waals surface area contributed by atoms with Gasteiger partial charge in [-0.25, -0.2) is 9.48 Å². The molecule has 1 heterocycles. The Morgan fingerprint density at radius 2 is 2.00 bits per heavy atom. The van der Waals surface area contributed by atoms with Crippen LogP contribution in [0.3, 0.4) is 0 Å². The number of carbonyl (C=O) groups is 2. The van der Waals surface area contributed by atoms with Crippen LogP contribution >= 0.6 is 0 Å². The van der Waals surface area contributed by atoms with E-state index in [1.807, 2.05) is 42.5 Å². The van der Waals surface area contributed by atoms with E-state index in [1.165, 1.54) is 16.3 Å². The van der Waals surface area contributed by atoms with Crippen LogP contribution in [-0.2, 0) is 17.8 Å². The minimum Gasteiger partial charge on any atom is -0.476 e. The molecule has 1 unspecified atom stereocenters. The van der Waals surface area contributed by atoms with Crippen molar-refractivity contribution in [3.63, 3.8) is 0 Å². The summed E-state index contributed by atoms with van der Waals surface area (Å²) in [5.41, 5.74) is 4.01. The molecule has 0 spiro atoms. The van der Waals surface area contributed by atoms with Gasteiger partial charge in [0.2, 0.25) is 5.91 Å². The molecular weight excluding hydrogens is 330 g/mol. The largest absolute Gasteiger partial charge is 0.476 e. The van der Waals surface area contributed by atoms with Crippen molar-refractivity contribution < 1.29 is 14.7 Å². The molecular formula is C20H17N3O3. The first kappa shape index (κ1) is 16.1. The SMILES string of the molecule is O=C(O)c1ccn(-c2cccc(CNC(=O)C3Cc4ccccc43)c2)n1. The Morgan fingerprint density at radius 1 is 1.15 bits per heavy atom. The Balaban J connectivity index is 1.43. The number of carboxylic acid groups (broad SMARTS) is 1. The highest BCUT2D eigenvalue weighted by Gasteiger charge is 2.31. The average Bonchev–Trinajstić information content (AvgIpc) is 3.12. The summed E-state index contributed by atoms with van der Waals surface area (Å²) in [6.07, 6.45) is 2.39. The van der Waals surface area contributed by atoms with Gasteiger partial charge in [0, 0.05) is 12.7 Å². The van der Waals surface area contributed by atoms with Gasteiger partial charge in [-0.2, -0.15) is 5.10 Å². The molecule has 1 amide bonds. The van der Waals surface area contributed by atoms with Gasteiger partial charge in [0.05, 0.1) is 11.6 Å². The molecule has 2 N–H and O–H groups in total. The molecule has 6 nitrogen and oxygen atoms in total. The molecule has 0 radical (unpaired) electrons. The Bertz CT molecular complexity index is 993. The van der Waals surface area contributed by atoms with Gasteiger partial charge in [-0.15, -0.1) is 0 Å². The summed E-state index contributed by atoms with van der Waals surface area (Å²) in [4.78, 5) is 23.4. The molecule has 1 aliphatic rings. The number of nitrogens with one attached hydrogen (secondary N) is 1. The highest BCUT2D eigenvalue weighted by Crippen LogP contribution is 2.34. The van der Waals surface area contributed by atoms with Crippen molar-refractivity contribution in [3.05, 3.63) is 83.2 Å². The molecule has 26 heavy (non-hydrogen) atoms. The number of fused-ring (bicyclic) bond motifs is 1. The number of benzene rings is 2. The minimum absolute atomic E-state index is 0.00708. The summed E-state index contributed by atoms with van der Waals surface area (Å²) in [5, 5.41) is 16.0. The van der Waals surface area contributed by atoms with E-state index in [4.69, 9.17) is 5.11 Å². The summed E-state index contributed by atoms with van der Waals surface area (Å²) >= 11 is 0. The fourth-order valence-corrected chi connectivity index (χ4v) is 3.20. The van der Waals surface area contributed by atoms with Crippen LogP contribution in [-0.4, -0.2) is 26.8 Å². The molecule has 0 saturated heterocycles. The van der Waals surface area contributed by atoms with Crippen LogP contribution in [0.4, 0.5) is 0 Å². The summed E-state index contributed by atoms with van der Waals surface area (Å²) in [6, 6.07) is 16.9. The van der Waals surface area contributed by atoms with Gasteiger partial charge in [0.15, 0.2) is 5.69 Å². The van der Waals surface area contributed by atoms with Crippen molar-refractivity contribution in [2.75, 3.05) is 0 Å². The van der Waals surface area contributed by atoms with Crippen LogP contribution < -0.4 is 5.32 Å². The number of rotatable bonds is 5. The number of carboxylic acids is 1. The van der Waals surface area contributed by atoms with Gasteiger partial charge >= 0.3 is 5.97 Å². The zero-order valence-electron chi connectivity index (χ0n) is 13.9. The topological polar surface area (TPSA) is 84.2 Å². The van der Waals surface area contributed by atoms with E-state index >= 15 is 0 Å². The lowest BCUT2D eigenvalue weighted by Gasteiger charge is -2.28. The summed E-state index contributed by atoms with van der Waals surface area (Å²) in [6.45, 7) is 0.415. The lowest BCUT2D eigenvalue weighted by molar-refractivity contribution is -0.123. The van der Waals surface area contributed by atoms with Crippen LogP contribution in [0.15, 0.2) is 60.8 Å². The first-order valence-electron chi connectivity index (χ1n) is 8.35. The summed E-state index contributed by atoms with van der Waals surface area (Å²) in [7, 11) is 0. The maximum atomic E-state index is 12.4. The fraction of sp³-hybridized carbons (Fsp3) is 0.150. The average molecular weight is 347 g/mol. The zero-order chi connectivity index (χ0) is 18.1. The third kappa shape index (κ3) is 2.97. The van der Waals surface area contributed by atoms with Crippen LogP contribution in [0.25, 0.3) is 5.69 Å². The molecule has 6 heteroatoms. The first-order chi connectivity index (χ1) is 12.6. The molecule has 0 fully saturated rings. The van der Waals surface area contributed by atoms with Crippen molar-refractivity contribution in [1.82, 2.24) is 15.1 Å². The van der Waals surface area contributed by atoms with E-state index in [1.54, 1.807) is 6.20 Å². The summed E-state index contributed by atoms with van der Waals surface area (Å²) in [5.74, 6) is -1.10. The van der Waals surface area contributed by atoms with Crippen LogP contribution in [0, 0.1) is 0 Å². The van der Waals surface area contributed by atoms with Crippen molar-refractivity contribution in [1.29, 1.82) is 0 Å². The smallest absolute Gasteiger partial charge is 0.356 e. The normalized spacial score (nSPS) is 15.0. The minimum atomic E-state index is -1.06. The Morgan fingerprint density at radius 3 is 2.77 bits per heavy atom. The van der Waals surface area contributed by atoms with Crippen molar-refractivity contribution in [2.45, 2.75) is 18.9 Å². The van der Waals surface area contributed by atoms with Gasteiger partial charge in [0.25, 0.3) is 0 Å². The fourth-order valence-electron chi connectivity index (χ4n) is 3.20. The maximum absolute atomic E-state index is 12.4. The molecule has 1 aromatic heterocycles. The zero-order valence-corrected chi connectivity index (χ0v) is 13.9. The Labute approximate surface area is 150 Å². The van der Waals surface area contributed by atoms with Crippen LogP contribution in [0.2, 0.25) is 0 Å². The molecule has 0 aliphatic heterocycles. The quantitative estimate of drug-likeness (QED) is 0.743. The lowest BCUT2D eigenvalue weighted by Crippen LogP contribution is -2.35. The number of aromatic carboxylic acids is 1. The maximum Gasteiger partial charge on any atom is 0.356 e. The van der Waals surface area contributed by atoms with Crippen molar-refractivity contribution in [3.8, 4) is 5.69 Å². The summed E-state index contributed by atoms with van der Waals surface area (Å²) < 4.78 is 1.51. The van der Waals surface area contributed by atoms with E-state index in [2.05, 4.69) is 16.5 Å². The number of aromatic nitrogens is 2. The van der Waals surface area contributed by atoms with Crippen molar-refractivity contribution in [2.24, 2.45) is 0 Å². The molecule has 0 saturated carbocycles. The predicted molar refractivity (Wildman–Crippen MR) is 95.3 cm³/mol. The number of amides is 1. The molecule has 1 aliphatic carbocycles. The number of nitrogens with zero attached hydrogens (tertiary/aromatic N) is 2. The van der Waals surface area contributed by atoms with E-state index in [9.17, 15) is 9.59 Å². The second-order valence-electron chi connectivity index (χ2n) is 6.29. The second kappa shape index (κ2) is 6.48. The van der Waals surface area contributed by atoms with E-state index in [0.717, 1.165) is 23.2 Å². The van der Waals surface area contributed by atoms with E-state index in [-0.39, 0.29) is 17.5 Å². The third-order valence-corrected chi connectivity index (χ3v) is 4.62. The molecule has 0 bridgehead atoms. The number of hydrogen-bond donors (Lipinski definition) is 2. The Kier molecular flexibility index (Phi) is 4.01. The third-order valence-electron chi connectivity index (χ3n) is 4.62. The number of carbonyl (C=O) groups excluding carboxylic acids is 1. The second-order valence-corrected chi connectivity index (χ2v) is 6.29. The highest BCUT2D eigenvalue weighted by molar-refractivity contribution is 5.87. The molecule has 1 atom stereocenters. The molecule has 2 aromatic carbocycles. The molecule has 4 rings (SSSR count). The van der Waals surface area contributed by atoms with Gasteiger partial charge in [0.1, 0.15) is 0 Å². The molecule has 130 valence electrons. The van der Waals surface area contributed by atoms with E-state index < -0.39 is 5.97 Å². The van der Waals surface area contributed by atoms with Gasteiger partial charge < -0.3 is 10.4 Å². The van der Waals surface area contributed by atoms with Crippen LogP contribution in [0.1, 0.15) is 33.1 Å². The predicted octanol–water partition coefficient (Wildman–Crippen LogP) is 2.53. The monoisotopic (exact) mass is 347 g/mol. The van der Waals surface area contributed by atoms with Crippen LogP contribution in [0.5, 0.6) is 0 Å². The standard InChI is InChI=1S/C20H17N3O3/c24-19(17-11-14-5-1-2-7-16(14)17)21-12-13-4-3-6-15(10-13)23-9-8-18(22-23)20(25)26/h1-10,17H,11-12H2,(H,21,24)(H,25,26). The van der Waals surface area contributed by atoms with Crippen molar-refractivity contribution >= 4 is 11.9 Å². The van der Waals surface area contributed by atoms with Gasteiger partial charge in [-0.05, 0) is 41.3 Å². The van der Waals surface area contributed by atoms with Gasteiger partial charge in [-0.1, -0.05) is 36.4 Å². The Hall–Kier alpha value is -3.41. The number of hydrogen-bond acceptors (Lipinski definition) is 3. The first-order valence-corrected chi connectivity index (χ1v) is 8.35. The lowest BCUT2D eigenvalue weighted by atomic mass is 9.77. The highest BCUT2D eigenvalue weighted by atomic mass is 16.4. The molecule has 3 aromatic rings. The van der Waals surface area contributed by atoms with Gasteiger partial charge in [-0.3, -0.25) is 4.79 Å².